The summed E-state index contributed by atoms with van der Waals surface area (Å²) in [6.45, 7) is 0. The molecule has 0 radical (unpaired) electrons. The van der Waals surface area contributed by atoms with Crippen LogP contribution in [0.3, 0.4) is 0 Å². The van der Waals surface area contributed by atoms with Crippen molar-refractivity contribution in [1.82, 2.24) is 0 Å². The number of hydrogen-bond acceptors (Lipinski definition) is 4. The molecule has 118 valence electrons. The maximum absolute atomic E-state index is 11.9. The number of carbonyl (C=O) groups excluding carboxylic acids is 2. The van der Waals surface area contributed by atoms with Crippen LogP contribution in [0.5, 0.6) is 0 Å². The number of benzene rings is 2. The van der Waals surface area contributed by atoms with Crippen molar-refractivity contribution in [2.24, 2.45) is 0 Å². The predicted molar refractivity (Wildman–Crippen MR) is 87.8 cm³/mol. The number of halogens is 1. The molecule has 0 aliphatic heterocycles. The fourth-order valence-corrected chi connectivity index (χ4v) is 2.01. The molecule has 0 heterocycles. The van der Waals surface area contributed by atoms with E-state index in [1.807, 2.05) is 0 Å². The quantitative estimate of drug-likeness (QED) is 0.618. The lowest BCUT2D eigenvalue weighted by molar-refractivity contribution is -0.163. The number of carbonyl (C=O) groups is 2. The number of ether oxygens (including phenoxy) is 2. The van der Waals surface area contributed by atoms with E-state index in [0.717, 1.165) is 5.56 Å². The molecule has 2 rings (SSSR count). The second-order valence-corrected chi connectivity index (χ2v) is 5.07. The maximum atomic E-state index is 11.9. The Morgan fingerprint density at radius 3 is 2.30 bits per heavy atom. The highest BCUT2D eigenvalue weighted by atomic mass is 35.5. The Kier molecular flexibility index (Phi) is 5.94. The van der Waals surface area contributed by atoms with E-state index >= 15 is 0 Å². The van der Waals surface area contributed by atoms with E-state index in [1.54, 1.807) is 60.7 Å². The van der Waals surface area contributed by atoms with E-state index in [9.17, 15) is 9.59 Å². The minimum Gasteiger partial charge on any atom is -0.466 e. The van der Waals surface area contributed by atoms with Gasteiger partial charge in [-0.05, 0) is 23.8 Å². The van der Waals surface area contributed by atoms with Crippen molar-refractivity contribution in [1.29, 1.82) is 0 Å². The number of esters is 2. The van der Waals surface area contributed by atoms with Crippen LogP contribution in [-0.2, 0) is 19.1 Å². The lowest BCUT2D eigenvalue weighted by Crippen LogP contribution is -2.20. The van der Waals surface area contributed by atoms with Gasteiger partial charge in [0.25, 0.3) is 0 Å². The first-order chi connectivity index (χ1) is 11.1. The van der Waals surface area contributed by atoms with Crippen LogP contribution in [0.2, 0.25) is 5.02 Å². The van der Waals surface area contributed by atoms with Crippen molar-refractivity contribution in [2.75, 3.05) is 7.11 Å². The Morgan fingerprint density at radius 2 is 1.70 bits per heavy atom. The van der Waals surface area contributed by atoms with E-state index in [2.05, 4.69) is 4.74 Å². The Hall–Kier alpha value is -2.59. The van der Waals surface area contributed by atoms with E-state index in [-0.39, 0.29) is 0 Å². The molecule has 0 saturated heterocycles. The fourth-order valence-electron chi connectivity index (χ4n) is 1.88. The molecule has 5 heteroatoms. The molecule has 1 unspecified atom stereocenters. The first kappa shape index (κ1) is 16.8. The van der Waals surface area contributed by atoms with Gasteiger partial charge in [-0.25, -0.2) is 9.59 Å². The number of hydrogen-bond donors (Lipinski definition) is 0. The van der Waals surface area contributed by atoms with Gasteiger partial charge >= 0.3 is 11.9 Å². The highest BCUT2D eigenvalue weighted by molar-refractivity contribution is 6.30. The molecule has 0 N–H and O–H groups in total. The summed E-state index contributed by atoms with van der Waals surface area (Å²) < 4.78 is 9.90. The van der Waals surface area contributed by atoms with Crippen LogP contribution in [0.15, 0.2) is 60.7 Å². The van der Waals surface area contributed by atoms with Crippen LogP contribution >= 0.6 is 11.6 Å². The number of methoxy groups -OCH3 is 1. The fraction of sp³-hybridized carbons (Fsp3) is 0.111. The lowest BCUT2D eigenvalue weighted by Gasteiger charge is -2.14. The second kappa shape index (κ2) is 8.15. The van der Waals surface area contributed by atoms with E-state index in [1.165, 1.54) is 13.2 Å². The topological polar surface area (TPSA) is 52.6 Å². The van der Waals surface area contributed by atoms with Crippen molar-refractivity contribution in [3.05, 3.63) is 76.8 Å². The zero-order valence-corrected chi connectivity index (χ0v) is 13.2. The van der Waals surface area contributed by atoms with Crippen molar-refractivity contribution in [2.45, 2.75) is 6.10 Å². The van der Waals surface area contributed by atoms with Crippen molar-refractivity contribution in [3.63, 3.8) is 0 Å². The molecule has 4 nitrogen and oxygen atoms in total. The smallest absolute Gasteiger partial charge is 0.351 e. The third-order valence-corrected chi connectivity index (χ3v) is 3.29. The third kappa shape index (κ3) is 4.97. The molecule has 23 heavy (non-hydrogen) atoms. The first-order valence-corrected chi connectivity index (χ1v) is 7.25. The standard InChI is InChI=1S/C18H15ClO4/c1-22-18(21)17(14-5-3-2-4-6-14)23-16(20)12-9-13-7-10-15(19)11-8-13/h2-12,17H,1H3/b12-9+. The summed E-state index contributed by atoms with van der Waals surface area (Å²) in [6.07, 6.45) is 1.74. The molecule has 2 aromatic carbocycles. The molecule has 0 saturated carbocycles. The normalized spacial score (nSPS) is 11.9. The minimum atomic E-state index is -1.09. The Morgan fingerprint density at radius 1 is 1.04 bits per heavy atom. The summed E-state index contributed by atoms with van der Waals surface area (Å²) in [5.74, 6) is -1.27. The first-order valence-electron chi connectivity index (χ1n) is 6.87. The van der Waals surface area contributed by atoms with Gasteiger partial charge in [-0.3, -0.25) is 0 Å². The van der Waals surface area contributed by atoms with Gasteiger partial charge in [-0.2, -0.15) is 0 Å². The highest BCUT2D eigenvalue weighted by Gasteiger charge is 2.24. The number of rotatable bonds is 5. The minimum absolute atomic E-state index is 0.549. The SMILES string of the molecule is COC(=O)C(OC(=O)/C=C/c1ccc(Cl)cc1)c1ccccc1. The van der Waals surface area contributed by atoms with Crippen LogP contribution in [-0.4, -0.2) is 19.0 Å². The zero-order valence-electron chi connectivity index (χ0n) is 12.4. The summed E-state index contributed by atoms with van der Waals surface area (Å²) in [5, 5.41) is 0.611. The molecule has 1 atom stereocenters. The molecule has 2 aromatic rings. The van der Waals surface area contributed by atoms with E-state index < -0.39 is 18.0 Å². The average Bonchev–Trinajstić information content (AvgIpc) is 2.59. The molecule has 0 amide bonds. The Balaban J connectivity index is 2.08. The van der Waals surface area contributed by atoms with Gasteiger partial charge < -0.3 is 9.47 Å². The monoisotopic (exact) mass is 330 g/mol. The lowest BCUT2D eigenvalue weighted by atomic mass is 10.1. The molecule has 0 aliphatic carbocycles. The molecule has 0 fully saturated rings. The summed E-state index contributed by atoms with van der Waals surface area (Å²) in [4.78, 5) is 23.8. The van der Waals surface area contributed by atoms with Crippen molar-refractivity contribution >= 4 is 29.6 Å². The van der Waals surface area contributed by atoms with Crippen molar-refractivity contribution in [3.8, 4) is 0 Å². The summed E-state index contributed by atoms with van der Waals surface area (Å²) >= 11 is 5.79. The maximum Gasteiger partial charge on any atom is 0.351 e. The van der Waals surface area contributed by atoms with Gasteiger partial charge in [0.1, 0.15) is 0 Å². The van der Waals surface area contributed by atoms with Gasteiger partial charge in [0, 0.05) is 16.7 Å². The highest BCUT2D eigenvalue weighted by Crippen LogP contribution is 2.19. The van der Waals surface area contributed by atoms with Crippen molar-refractivity contribution < 1.29 is 19.1 Å². The van der Waals surface area contributed by atoms with Gasteiger partial charge in [0.05, 0.1) is 7.11 Å². The Labute approximate surface area is 139 Å². The molecular formula is C18H15ClO4. The van der Waals surface area contributed by atoms with Crippen LogP contribution < -0.4 is 0 Å². The molecule has 0 aliphatic rings. The molecular weight excluding hydrogens is 316 g/mol. The van der Waals surface area contributed by atoms with Gasteiger partial charge in [-0.1, -0.05) is 54.1 Å². The van der Waals surface area contributed by atoms with Gasteiger partial charge in [0.15, 0.2) is 0 Å². The summed E-state index contributed by atoms with van der Waals surface area (Å²) in [6, 6.07) is 15.7. The third-order valence-electron chi connectivity index (χ3n) is 3.03. The van der Waals surface area contributed by atoms with E-state index in [0.29, 0.717) is 10.6 Å². The van der Waals surface area contributed by atoms with Crippen LogP contribution in [0.1, 0.15) is 17.2 Å². The second-order valence-electron chi connectivity index (χ2n) is 4.64. The average molecular weight is 331 g/mol. The molecule has 0 spiro atoms. The zero-order chi connectivity index (χ0) is 16.7. The molecule has 0 bridgehead atoms. The van der Waals surface area contributed by atoms with Crippen LogP contribution in [0.25, 0.3) is 6.08 Å². The van der Waals surface area contributed by atoms with Gasteiger partial charge in [0.2, 0.25) is 6.10 Å². The largest absolute Gasteiger partial charge is 0.466 e. The van der Waals surface area contributed by atoms with Crippen LogP contribution in [0, 0.1) is 0 Å². The molecule has 0 aromatic heterocycles. The summed E-state index contributed by atoms with van der Waals surface area (Å²) in [5.41, 5.74) is 1.34. The Bertz CT molecular complexity index is 693. The van der Waals surface area contributed by atoms with E-state index in [4.69, 9.17) is 16.3 Å². The summed E-state index contributed by atoms with van der Waals surface area (Å²) in [7, 11) is 1.25. The van der Waals surface area contributed by atoms with Crippen LogP contribution in [0.4, 0.5) is 0 Å². The van der Waals surface area contributed by atoms with Gasteiger partial charge in [-0.15, -0.1) is 0 Å². The predicted octanol–water partition coefficient (Wildman–Crippen LogP) is 3.81.